The predicted octanol–water partition coefficient (Wildman–Crippen LogP) is 15.1. The minimum Gasteiger partial charge on any atom is -0.509 e. The Balaban J connectivity index is 0.00000595. The number of aromatic nitrogens is 2. The minimum absolute atomic E-state index is 0. The maximum absolute atomic E-state index is 6.82. The predicted molar refractivity (Wildman–Crippen MR) is 261 cm³/mol. The molecule has 2 aromatic heterocycles. The number of rotatable bonds is 7. The molecule has 5 nitrogen and oxygen atoms in total. The molecular weight excluding hydrogens is 952 g/mol. The van der Waals surface area contributed by atoms with Gasteiger partial charge in [0.25, 0.3) is 0 Å². The quantitative estimate of drug-likeness (QED) is 0.149. The van der Waals surface area contributed by atoms with Crippen molar-refractivity contribution >= 4 is 33.2 Å². The summed E-state index contributed by atoms with van der Waals surface area (Å²) in [6.07, 6.45) is 4.18. The minimum atomic E-state index is -0.204. The third kappa shape index (κ3) is 9.14. The average molecular weight is 1020 g/mol. The van der Waals surface area contributed by atoms with Gasteiger partial charge in [0.15, 0.2) is 0 Å². The smallest absolute Gasteiger partial charge is 0.135 e. The molecule has 5 aromatic carbocycles. The van der Waals surface area contributed by atoms with E-state index in [1.54, 1.807) is 0 Å². The molecule has 330 valence electrons. The Kier molecular flexibility index (Phi) is 12.0. The van der Waals surface area contributed by atoms with Gasteiger partial charge in [0.1, 0.15) is 5.82 Å². The van der Waals surface area contributed by atoms with Crippen LogP contribution in [0, 0.1) is 24.2 Å². The van der Waals surface area contributed by atoms with Crippen molar-refractivity contribution in [3.8, 4) is 17.3 Å². The van der Waals surface area contributed by atoms with E-state index in [1.807, 2.05) is 12.3 Å². The van der Waals surface area contributed by atoms with Gasteiger partial charge in [-0.25, -0.2) is 4.98 Å². The largest absolute Gasteiger partial charge is 0.509 e. The molecule has 0 fully saturated rings. The van der Waals surface area contributed by atoms with Gasteiger partial charge in [-0.05, 0) is 80.4 Å². The molecule has 0 saturated heterocycles. The number of pyridine rings is 1. The van der Waals surface area contributed by atoms with Gasteiger partial charge in [0.2, 0.25) is 0 Å². The Bertz CT molecular complexity index is 2820. The summed E-state index contributed by atoms with van der Waals surface area (Å²) in [5.41, 5.74) is 10.9. The van der Waals surface area contributed by atoms with Crippen LogP contribution in [0.5, 0.6) is 11.5 Å². The van der Waals surface area contributed by atoms with Crippen LogP contribution in [0.25, 0.3) is 27.6 Å². The van der Waals surface area contributed by atoms with Gasteiger partial charge < -0.3 is 19.1 Å². The van der Waals surface area contributed by atoms with E-state index in [1.165, 1.54) is 28.0 Å². The van der Waals surface area contributed by atoms with Gasteiger partial charge >= 0.3 is 0 Å². The van der Waals surface area contributed by atoms with E-state index in [0.717, 1.165) is 44.6 Å². The van der Waals surface area contributed by atoms with E-state index >= 15 is 0 Å². The van der Waals surface area contributed by atoms with Crippen LogP contribution >= 0.6 is 0 Å². The number of fused-ring (bicyclic) bond motifs is 3. The Morgan fingerprint density at radius 3 is 1.84 bits per heavy atom. The Labute approximate surface area is 391 Å². The third-order valence-corrected chi connectivity index (χ3v) is 12.4. The molecule has 0 atom stereocenters. The molecule has 0 saturated carbocycles. The standard InChI is InChI=1S/C57H63N4O.Pt/c1-53(2,3)39-26-27-58-52(33-39)61-49-23-19-18-22-47(49)48-25-24-45(35-50(48)61)62-46-32-41(55(7,8)9)29-43(34-46)59-36-51(56(10,11)12)60(37-59)44-30-40(54(4,5)6)28-42(31-44)57(13,14)38-20-16-15-17-21-38;/h15-33,36-37H,1-14H3;/q-3;. The first-order valence-corrected chi connectivity index (χ1v) is 22.0. The van der Waals surface area contributed by atoms with Crippen molar-refractivity contribution in [1.82, 2.24) is 9.55 Å². The zero-order valence-electron chi connectivity index (χ0n) is 39.6. The average Bonchev–Trinajstić information content (AvgIpc) is 3.81. The molecule has 0 bridgehead atoms. The molecule has 0 spiro atoms. The molecule has 7 aromatic rings. The van der Waals surface area contributed by atoms with Crippen LogP contribution in [0.2, 0.25) is 0 Å². The summed E-state index contributed by atoms with van der Waals surface area (Å²) in [6.45, 7) is 34.1. The van der Waals surface area contributed by atoms with E-state index in [9.17, 15) is 0 Å². The maximum atomic E-state index is 6.82. The fraction of sp³-hybridized carbons (Fsp3) is 0.333. The molecule has 1 aliphatic rings. The fourth-order valence-corrected chi connectivity index (χ4v) is 8.32. The van der Waals surface area contributed by atoms with Gasteiger partial charge in [0, 0.05) is 66.5 Å². The third-order valence-electron chi connectivity index (χ3n) is 12.4. The Morgan fingerprint density at radius 1 is 0.540 bits per heavy atom. The molecule has 3 heterocycles. The van der Waals surface area contributed by atoms with Crippen LogP contribution in [0.3, 0.4) is 0 Å². The molecule has 0 amide bonds. The van der Waals surface area contributed by atoms with E-state index in [-0.39, 0.29) is 48.1 Å². The van der Waals surface area contributed by atoms with Crippen LogP contribution in [0.4, 0.5) is 11.4 Å². The summed E-state index contributed by atoms with van der Waals surface area (Å²) in [4.78, 5) is 9.47. The van der Waals surface area contributed by atoms with Crippen LogP contribution in [0.15, 0.2) is 127 Å². The number of anilines is 2. The van der Waals surface area contributed by atoms with Crippen LogP contribution < -0.4 is 14.5 Å². The number of allylic oxidation sites excluding steroid dienone is 1. The molecule has 0 unspecified atom stereocenters. The van der Waals surface area contributed by atoms with Crippen molar-refractivity contribution in [2.75, 3.05) is 9.80 Å². The maximum Gasteiger partial charge on any atom is 0.135 e. The van der Waals surface area contributed by atoms with Crippen molar-refractivity contribution in [2.24, 2.45) is 5.41 Å². The van der Waals surface area contributed by atoms with Crippen molar-refractivity contribution in [1.29, 1.82) is 0 Å². The van der Waals surface area contributed by atoms with E-state index in [0.29, 0.717) is 11.5 Å². The molecule has 1 aliphatic heterocycles. The Morgan fingerprint density at radius 2 is 1.17 bits per heavy atom. The van der Waals surface area contributed by atoms with Crippen molar-refractivity contribution in [3.63, 3.8) is 0 Å². The topological polar surface area (TPSA) is 33.5 Å². The SMILES string of the molecule is CC(C)(C)C1=CN(c2[c-]c(Oc3[c-]c4c(cc3)c3ccccc3n4-c3cc(C(C)(C)C)ccn3)cc(C(C)(C)C)c2)[CH-]N1c1cc(C(C)(C)C)cc(C(C)(C)c2ccccc2)c1.[Pt]. The van der Waals surface area contributed by atoms with Crippen molar-refractivity contribution in [2.45, 2.75) is 119 Å². The Hall–Kier alpha value is -5.12. The summed E-state index contributed by atoms with van der Waals surface area (Å²) >= 11 is 0. The van der Waals surface area contributed by atoms with Gasteiger partial charge in [-0.2, -0.15) is 6.07 Å². The molecule has 0 aliphatic carbocycles. The first-order chi connectivity index (χ1) is 29.0. The first kappa shape index (κ1) is 45.9. The molecule has 6 heteroatoms. The number of benzene rings is 5. The second-order valence-corrected chi connectivity index (χ2v) is 21.7. The van der Waals surface area contributed by atoms with Crippen LogP contribution in [0.1, 0.15) is 125 Å². The summed E-state index contributed by atoms with van der Waals surface area (Å²) in [7, 11) is 0. The number of hydrogen-bond acceptors (Lipinski definition) is 4. The first-order valence-electron chi connectivity index (χ1n) is 22.0. The summed E-state index contributed by atoms with van der Waals surface area (Å²) in [5, 5.41) is 2.25. The second kappa shape index (κ2) is 16.5. The summed E-state index contributed by atoms with van der Waals surface area (Å²) in [5.74, 6) is 2.12. The number of hydrogen-bond donors (Lipinski definition) is 0. The molecule has 8 rings (SSSR count). The van der Waals surface area contributed by atoms with Crippen LogP contribution in [-0.4, -0.2) is 9.55 Å². The normalized spacial score (nSPS) is 14.0. The monoisotopic (exact) mass is 1010 g/mol. The summed E-state index contributed by atoms with van der Waals surface area (Å²) in [6, 6.07) is 46.7. The van der Waals surface area contributed by atoms with E-state index in [4.69, 9.17) is 9.72 Å². The van der Waals surface area contributed by atoms with Gasteiger partial charge in [-0.3, -0.25) is 0 Å². The zero-order chi connectivity index (χ0) is 44.6. The van der Waals surface area contributed by atoms with Crippen molar-refractivity contribution in [3.05, 3.63) is 174 Å². The van der Waals surface area contributed by atoms with Crippen molar-refractivity contribution < 1.29 is 25.8 Å². The van der Waals surface area contributed by atoms with Crippen LogP contribution in [-0.2, 0) is 42.7 Å². The molecule has 0 radical (unpaired) electrons. The molecule has 63 heavy (non-hydrogen) atoms. The number of ether oxygens (including phenoxy) is 1. The number of nitrogens with zero attached hydrogens (tertiary/aromatic N) is 4. The number of para-hydroxylation sites is 1. The zero-order valence-corrected chi connectivity index (χ0v) is 41.9. The van der Waals surface area contributed by atoms with Gasteiger partial charge in [-0.15, -0.1) is 53.6 Å². The van der Waals surface area contributed by atoms with E-state index < -0.39 is 0 Å². The molecule has 0 N–H and O–H groups in total. The summed E-state index contributed by atoms with van der Waals surface area (Å²) < 4.78 is 9.03. The molecular formula is C57H63N4OPt-3. The van der Waals surface area contributed by atoms with E-state index in [2.05, 4.69) is 239 Å². The fourth-order valence-electron chi connectivity index (χ4n) is 8.32. The van der Waals surface area contributed by atoms with Gasteiger partial charge in [-0.1, -0.05) is 157 Å². The second-order valence-electron chi connectivity index (χ2n) is 21.7. The van der Waals surface area contributed by atoms with Gasteiger partial charge in [0.05, 0.1) is 0 Å².